The molecule has 6 heteroatoms. The van der Waals surface area contributed by atoms with Gasteiger partial charge in [0.15, 0.2) is 0 Å². The maximum atomic E-state index is 14.1. The van der Waals surface area contributed by atoms with E-state index in [0.717, 1.165) is 17.0 Å². The number of hydrogen-bond donors (Lipinski definition) is 1. The predicted octanol–water partition coefficient (Wildman–Crippen LogP) is 4.43. The highest BCUT2D eigenvalue weighted by Gasteiger charge is 2.19. The van der Waals surface area contributed by atoms with Gasteiger partial charge in [-0.2, -0.15) is 5.10 Å². The minimum atomic E-state index is -0.338. The van der Waals surface area contributed by atoms with E-state index in [9.17, 15) is 9.18 Å². The van der Waals surface area contributed by atoms with Gasteiger partial charge < -0.3 is 9.88 Å². The molecule has 1 amide bonds. The van der Waals surface area contributed by atoms with Crippen molar-refractivity contribution in [3.63, 3.8) is 0 Å². The monoisotopic (exact) mass is 376 g/mol. The average Bonchev–Trinajstić information content (AvgIpc) is 3.16. The van der Waals surface area contributed by atoms with Gasteiger partial charge in [-0.05, 0) is 37.6 Å². The second kappa shape index (κ2) is 6.96. The van der Waals surface area contributed by atoms with Gasteiger partial charge in [0.05, 0.1) is 29.1 Å². The SMILES string of the molecule is Cc1nn(Cc2ccccc2)c(C)c1NC(=O)c1cc2c(F)cccc2n1C. The fraction of sp³-hybridized carbons (Fsp3) is 0.182. The maximum Gasteiger partial charge on any atom is 0.272 e. The molecule has 2 heterocycles. The number of nitrogens with zero attached hydrogens (tertiary/aromatic N) is 3. The summed E-state index contributed by atoms with van der Waals surface area (Å²) in [5.41, 5.74) is 4.52. The molecule has 1 N–H and O–H groups in total. The van der Waals surface area contributed by atoms with Crippen LogP contribution in [0.1, 0.15) is 27.4 Å². The number of carbonyl (C=O) groups is 1. The molecule has 0 aliphatic heterocycles. The van der Waals surface area contributed by atoms with Gasteiger partial charge in [0, 0.05) is 12.4 Å². The van der Waals surface area contributed by atoms with Crippen LogP contribution in [-0.2, 0) is 13.6 Å². The van der Waals surface area contributed by atoms with Crippen molar-refractivity contribution < 1.29 is 9.18 Å². The van der Waals surface area contributed by atoms with Crippen molar-refractivity contribution in [3.8, 4) is 0 Å². The van der Waals surface area contributed by atoms with Gasteiger partial charge in [-0.15, -0.1) is 0 Å². The lowest BCUT2D eigenvalue weighted by atomic mass is 10.2. The van der Waals surface area contributed by atoms with Crippen LogP contribution in [0.3, 0.4) is 0 Å². The summed E-state index contributed by atoms with van der Waals surface area (Å²) in [5, 5.41) is 7.96. The Morgan fingerprint density at radius 3 is 2.57 bits per heavy atom. The number of aryl methyl sites for hydroxylation is 2. The molecule has 142 valence electrons. The van der Waals surface area contributed by atoms with Crippen LogP contribution in [0.2, 0.25) is 0 Å². The number of nitrogens with one attached hydrogen (secondary N) is 1. The summed E-state index contributed by atoms with van der Waals surface area (Å²) >= 11 is 0. The standard InChI is InChI=1S/C22H21FN4O/c1-14-21(15(2)27(25-14)13-16-8-5-4-6-9-16)24-22(28)20-12-17-18(23)10-7-11-19(17)26(20)3/h4-12H,13H2,1-3H3,(H,24,28). The third-order valence-corrected chi connectivity index (χ3v) is 5.06. The lowest BCUT2D eigenvalue weighted by Gasteiger charge is -2.08. The number of halogens is 1. The summed E-state index contributed by atoms with van der Waals surface area (Å²) in [4.78, 5) is 12.9. The minimum absolute atomic E-state index is 0.288. The summed E-state index contributed by atoms with van der Waals surface area (Å²) in [6.07, 6.45) is 0. The summed E-state index contributed by atoms with van der Waals surface area (Å²) in [5.74, 6) is -0.626. The molecule has 0 aliphatic carbocycles. The Kier molecular flexibility index (Phi) is 4.47. The third kappa shape index (κ3) is 3.07. The number of aromatic nitrogens is 3. The van der Waals surface area contributed by atoms with Gasteiger partial charge in [-0.25, -0.2) is 4.39 Å². The fourth-order valence-corrected chi connectivity index (χ4v) is 3.51. The zero-order chi connectivity index (χ0) is 19.8. The Bertz CT molecular complexity index is 1170. The Labute approximate surface area is 162 Å². The van der Waals surface area contributed by atoms with Gasteiger partial charge >= 0.3 is 0 Å². The summed E-state index contributed by atoms with van der Waals surface area (Å²) in [6, 6.07) is 16.4. The predicted molar refractivity (Wildman–Crippen MR) is 108 cm³/mol. The largest absolute Gasteiger partial charge is 0.340 e. The summed E-state index contributed by atoms with van der Waals surface area (Å²) in [6.45, 7) is 4.42. The highest BCUT2D eigenvalue weighted by Crippen LogP contribution is 2.25. The van der Waals surface area contributed by atoms with Gasteiger partial charge in [-0.1, -0.05) is 36.4 Å². The second-order valence-corrected chi connectivity index (χ2v) is 6.90. The maximum absolute atomic E-state index is 14.1. The van der Waals surface area contributed by atoms with Gasteiger partial charge in [0.1, 0.15) is 11.5 Å². The van der Waals surface area contributed by atoms with Crippen LogP contribution >= 0.6 is 0 Å². The van der Waals surface area contributed by atoms with Crippen molar-refractivity contribution in [3.05, 3.63) is 83.1 Å². The van der Waals surface area contributed by atoms with Crippen LogP contribution in [0.25, 0.3) is 10.9 Å². The van der Waals surface area contributed by atoms with E-state index in [4.69, 9.17) is 0 Å². The molecule has 4 aromatic rings. The second-order valence-electron chi connectivity index (χ2n) is 6.90. The molecule has 0 atom stereocenters. The molecule has 4 rings (SSSR count). The molecule has 5 nitrogen and oxygen atoms in total. The first-order valence-electron chi connectivity index (χ1n) is 9.09. The average molecular weight is 376 g/mol. The topological polar surface area (TPSA) is 51.9 Å². The number of fused-ring (bicyclic) bond motifs is 1. The lowest BCUT2D eigenvalue weighted by molar-refractivity contribution is 0.101. The fourth-order valence-electron chi connectivity index (χ4n) is 3.51. The molecule has 0 unspecified atom stereocenters. The number of carbonyl (C=O) groups excluding carboxylic acids is 1. The summed E-state index contributed by atoms with van der Waals surface area (Å²) in [7, 11) is 1.76. The van der Waals surface area contributed by atoms with E-state index in [1.165, 1.54) is 6.07 Å². The zero-order valence-corrected chi connectivity index (χ0v) is 16.0. The van der Waals surface area contributed by atoms with E-state index in [-0.39, 0.29) is 11.7 Å². The van der Waals surface area contributed by atoms with Crippen LogP contribution < -0.4 is 5.32 Å². The van der Waals surface area contributed by atoms with Crippen molar-refractivity contribution in [2.45, 2.75) is 20.4 Å². The molecule has 2 aromatic heterocycles. The molecule has 2 aromatic carbocycles. The number of benzene rings is 2. The highest BCUT2D eigenvalue weighted by molar-refractivity contribution is 6.07. The van der Waals surface area contributed by atoms with Gasteiger partial charge in [0.25, 0.3) is 5.91 Å². The van der Waals surface area contributed by atoms with Crippen LogP contribution in [0.4, 0.5) is 10.1 Å². The number of rotatable bonds is 4. The van der Waals surface area contributed by atoms with Crippen molar-refractivity contribution in [1.82, 2.24) is 14.3 Å². The van der Waals surface area contributed by atoms with Crippen LogP contribution in [0.5, 0.6) is 0 Å². The zero-order valence-electron chi connectivity index (χ0n) is 16.0. The molecular weight excluding hydrogens is 355 g/mol. The van der Waals surface area contributed by atoms with E-state index in [1.54, 1.807) is 29.8 Å². The minimum Gasteiger partial charge on any atom is -0.340 e. The van der Waals surface area contributed by atoms with Crippen LogP contribution in [0, 0.1) is 19.7 Å². The Balaban J connectivity index is 1.64. The quantitative estimate of drug-likeness (QED) is 0.573. The Hall–Kier alpha value is -3.41. The van der Waals surface area contributed by atoms with E-state index in [1.807, 2.05) is 48.9 Å². The summed E-state index contributed by atoms with van der Waals surface area (Å²) < 4.78 is 17.6. The number of anilines is 1. The molecule has 28 heavy (non-hydrogen) atoms. The number of hydrogen-bond acceptors (Lipinski definition) is 2. The number of amides is 1. The van der Waals surface area contributed by atoms with E-state index < -0.39 is 0 Å². The van der Waals surface area contributed by atoms with Crippen molar-refractivity contribution in [1.29, 1.82) is 0 Å². The van der Waals surface area contributed by atoms with Crippen LogP contribution in [-0.4, -0.2) is 20.3 Å². The normalized spacial score (nSPS) is 11.1. The molecule has 0 bridgehead atoms. The van der Waals surface area contributed by atoms with E-state index >= 15 is 0 Å². The Morgan fingerprint density at radius 2 is 1.86 bits per heavy atom. The third-order valence-electron chi connectivity index (χ3n) is 5.06. The van der Waals surface area contributed by atoms with Crippen LogP contribution in [0.15, 0.2) is 54.6 Å². The van der Waals surface area contributed by atoms with E-state index in [2.05, 4.69) is 10.4 Å². The Morgan fingerprint density at radius 1 is 1.11 bits per heavy atom. The molecule has 0 spiro atoms. The first-order chi connectivity index (χ1) is 13.5. The van der Waals surface area contributed by atoms with Crippen molar-refractivity contribution in [2.75, 3.05) is 5.32 Å². The molecule has 0 radical (unpaired) electrons. The smallest absolute Gasteiger partial charge is 0.272 e. The first-order valence-corrected chi connectivity index (χ1v) is 9.09. The molecular formula is C22H21FN4O. The molecule has 0 saturated heterocycles. The molecule has 0 saturated carbocycles. The first kappa shape index (κ1) is 18.0. The molecule has 0 aliphatic rings. The van der Waals surface area contributed by atoms with Crippen molar-refractivity contribution in [2.24, 2.45) is 7.05 Å². The van der Waals surface area contributed by atoms with E-state index in [0.29, 0.717) is 28.8 Å². The highest BCUT2D eigenvalue weighted by atomic mass is 19.1. The van der Waals surface area contributed by atoms with Crippen molar-refractivity contribution >= 4 is 22.5 Å². The lowest BCUT2D eigenvalue weighted by Crippen LogP contribution is -2.16. The molecule has 0 fully saturated rings. The van der Waals surface area contributed by atoms with Gasteiger partial charge in [-0.3, -0.25) is 9.48 Å². The van der Waals surface area contributed by atoms with Gasteiger partial charge in [0.2, 0.25) is 0 Å².